The molecule has 104 valence electrons. The smallest absolute Gasteiger partial charge is 0.170 e. The van der Waals surface area contributed by atoms with Crippen LogP contribution in [0.5, 0.6) is 0 Å². The molecule has 5 heteroatoms. The third-order valence-corrected chi connectivity index (χ3v) is 4.80. The van der Waals surface area contributed by atoms with E-state index >= 15 is 0 Å². The van der Waals surface area contributed by atoms with E-state index in [2.05, 4.69) is 20.8 Å². The molecule has 2 aliphatic carbocycles. The Balaban J connectivity index is 1.46. The molecule has 5 nitrogen and oxygen atoms in total. The number of aromatic nitrogens is 4. The van der Waals surface area contributed by atoms with Crippen molar-refractivity contribution in [1.82, 2.24) is 25.5 Å². The fourth-order valence-corrected chi connectivity index (χ4v) is 3.80. The lowest BCUT2D eigenvalue weighted by molar-refractivity contribution is 0.347. The summed E-state index contributed by atoms with van der Waals surface area (Å²) < 4.78 is 1.82. The van der Waals surface area contributed by atoms with Crippen LogP contribution >= 0.6 is 0 Å². The standard InChI is InChI=1S/C15H19N5/c1-2-4-13(5-3-1)20-15(17-18-19-20)10-16-14-9-11-6-7-12(14)8-11/h1-5,11-12,14,16H,6-10H2. The normalized spacial score (nSPS) is 28.1. The molecule has 2 fully saturated rings. The lowest BCUT2D eigenvalue weighted by Crippen LogP contribution is -2.34. The van der Waals surface area contributed by atoms with Gasteiger partial charge in [0.15, 0.2) is 5.82 Å². The molecule has 3 atom stereocenters. The van der Waals surface area contributed by atoms with Crippen molar-refractivity contribution in [3.05, 3.63) is 36.2 Å². The van der Waals surface area contributed by atoms with Crippen molar-refractivity contribution in [2.75, 3.05) is 0 Å². The van der Waals surface area contributed by atoms with Gasteiger partial charge in [0.05, 0.1) is 12.2 Å². The summed E-state index contributed by atoms with van der Waals surface area (Å²) in [5.41, 5.74) is 1.02. The summed E-state index contributed by atoms with van der Waals surface area (Å²) in [6.07, 6.45) is 5.58. The highest BCUT2D eigenvalue weighted by atomic mass is 15.5. The summed E-state index contributed by atoms with van der Waals surface area (Å²) in [6.45, 7) is 0.746. The van der Waals surface area contributed by atoms with E-state index < -0.39 is 0 Å². The van der Waals surface area contributed by atoms with Crippen LogP contribution in [0.1, 0.15) is 31.5 Å². The lowest BCUT2D eigenvalue weighted by atomic mass is 9.95. The number of hydrogen-bond acceptors (Lipinski definition) is 4. The van der Waals surface area contributed by atoms with Crippen molar-refractivity contribution in [2.45, 2.75) is 38.3 Å². The SMILES string of the molecule is c1ccc(-n2nnnc2CNC2CC3CCC2C3)cc1. The van der Waals surface area contributed by atoms with Gasteiger partial charge in [-0.3, -0.25) is 0 Å². The van der Waals surface area contributed by atoms with E-state index in [-0.39, 0.29) is 0 Å². The van der Waals surface area contributed by atoms with Gasteiger partial charge in [0, 0.05) is 6.04 Å². The molecule has 2 saturated carbocycles. The Labute approximate surface area is 118 Å². The average molecular weight is 269 g/mol. The van der Waals surface area contributed by atoms with Crippen LogP contribution in [0, 0.1) is 11.8 Å². The van der Waals surface area contributed by atoms with Gasteiger partial charge in [0.2, 0.25) is 0 Å². The van der Waals surface area contributed by atoms with Crippen molar-refractivity contribution in [3.8, 4) is 5.69 Å². The van der Waals surface area contributed by atoms with Crippen LogP contribution in [0.25, 0.3) is 5.69 Å². The number of rotatable bonds is 4. The number of para-hydroxylation sites is 1. The highest BCUT2D eigenvalue weighted by molar-refractivity contribution is 5.30. The van der Waals surface area contributed by atoms with Crippen molar-refractivity contribution in [3.63, 3.8) is 0 Å². The molecule has 4 rings (SSSR count). The molecular weight excluding hydrogens is 250 g/mol. The molecule has 2 aromatic rings. The first-order valence-corrected chi connectivity index (χ1v) is 7.46. The van der Waals surface area contributed by atoms with Gasteiger partial charge in [-0.05, 0) is 53.7 Å². The molecule has 0 saturated heterocycles. The van der Waals surface area contributed by atoms with Gasteiger partial charge >= 0.3 is 0 Å². The average Bonchev–Trinajstić information content (AvgIpc) is 3.22. The van der Waals surface area contributed by atoms with Crippen LogP contribution in [0.15, 0.2) is 30.3 Å². The van der Waals surface area contributed by atoms with Gasteiger partial charge < -0.3 is 5.32 Å². The first-order chi connectivity index (χ1) is 9.90. The third kappa shape index (κ3) is 2.12. The Morgan fingerprint density at radius 1 is 1.15 bits per heavy atom. The number of fused-ring (bicyclic) bond motifs is 2. The van der Waals surface area contributed by atoms with Crippen molar-refractivity contribution >= 4 is 0 Å². The van der Waals surface area contributed by atoms with Crippen LogP contribution in [-0.2, 0) is 6.54 Å². The lowest BCUT2D eigenvalue weighted by Gasteiger charge is -2.22. The van der Waals surface area contributed by atoms with Crippen LogP contribution in [0.3, 0.4) is 0 Å². The molecule has 3 unspecified atom stereocenters. The van der Waals surface area contributed by atoms with E-state index in [0.717, 1.165) is 29.9 Å². The Hall–Kier alpha value is -1.75. The topological polar surface area (TPSA) is 55.6 Å². The minimum Gasteiger partial charge on any atom is -0.307 e. The first-order valence-electron chi connectivity index (χ1n) is 7.46. The quantitative estimate of drug-likeness (QED) is 0.921. The predicted molar refractivity (Wildman–Crippen MR) is 75.2 cm³/mol. The van der Waals surface area contributed by atoms with Gasteiger partial charge in [0.25, 0.3) is 0 Å². The van der Waals surface area contributed by atoms with Gasteiger partial charge in [0.1, 0.15) is 0 Å². The summed E-state index contributed by atoms with van der Waals surface area (Å²) >= 11 is 0. The van der Waals surface area contributed by atoms with Crippen molar-refractivity contribution in [1.29, 1.82) is 0 Å². The van der Waals surface area contributed by atoms with E-state index in [0.29, 0.717) is 6.04 Å². The fraction of sp³-hybridized carbons (Fsp3) is 0.533. The van der Waals surface area contributed by atoms with Crippen LogP contribution < -0.4 is 5.32 Å². The summed E-state index contributed by atoms with van der Waals surface area (Å²) in [7, 11) is 0. The van der Waals surface area contributed by atoms with Crippen molar-refractivity contribution < 1.29 is 0 Å². The summed E-state index contributed by atoms with van der Waals surface area (Å²) in [6, 6.07) is 10.7. The first kappa shape index (κ1) is 12.0. The number of benzene rings is 1. The molecule has 1 aromatic heterocycles. The monoisotopic (exact) mass is 269 g/mol. The summed E-state index contributed by atoms with van der Waals surface area (Å²) in [5, 5.41) is 15.7. The zero-order chi connectivity index (χ0) is 13.4. The van der Waals surface area contributed by atoms with Gasteiger partial charge in [-0.1, -0.05) is 24.6 Å². The van der Waals surface area contributed by atoms with E-state index in [1.807, 2.05) is 35.0 Å². The Bertz CT molecular complexity index is 579. The van der Waals surface area contributed by atoms with Crippen LogP contribution in [0.4, 0.5) is 0 Å². The second-order valence-corrected chi connectivity index (χ2v) is 6.00. The molecule has 0 spiro atoms. The number of hydrogen-bond donors (Lipinski definition) is 1. The molecule has 1 aromatic carbocycles. The molecular formula is C15H19N5. The van der Waals surface area contributed by atoms with Crippen molar-refractivity contribution in [2.24, 2.45) is 11.8 Å². The maximum Gasteiger partial charge on any atom is 0.170 e. The second-order valence-electron chi connectivity index (χ2n) is 6.00. The molecule has 0 amide bonds. The Morgan fingerprint density at radius 3 is 2.80 bits per heavy atom. The zero-order valence-corrected chi connectivity index (χ0v) is 11.4. The van der Waals surface area contributed by atoms with E-state index in [9.17, 15) is 0 Å². The largest absolute Gasteiger partial charge is 0.307 e. The molecule has 20 heavy (non-hydrogen) atoms. The van der Waals surface area contributed by atoms with E-state index in [1.165, 1.54) is 25.7 Å². The highest BCUT2D eigenvalue weighted by Gasteiger charge is 2.39. The molecule has 2 aliphatic rings. The summed E-state index contributed by atoms with van der Waals surface area (Å²) in [5.74, 6) is 2.72. The van der Waals surface area contributed by atoms with Crippen LogP contribution in [0.2, 0.25) is 0 Å². The number of nitrogens with zero attached hydrogens (tertiary/aromatic N) is 4. The second kappa shape index (κ2) is 4.98. The minimum atomic E-state index is 0.662. The van der Waals surface area contributed by atoms with Gasteiger partial charge in [-0.25, -0.2) is 0 Å². The van der Waals surface area contributed by atoms with E-state index in [1.54, 1.807) is 0 Å². The van der Waals surface area contributed by atoms with Gasteiger partial charge in [-0.15, -0.1) is 5.10 Å². The molecule has 1 heterocycles. The molecule has 0 radical (unpaired) electrons. The number of nitrogens with one attached hydrogen (secondary N) is 1. The Kier molecular flexibility index (Phi) is 2.99. The maximum atomic E-state index is 4.15. The third-order valence-electron chi connectivity index (χ3n) is 4.80. The minimum absolute atomic E-state index is 0.662. The predicted octanol–water partition coefficient (Wildman–Crippen LogP) is 1.94. The highest BCUT2D eigenvalue weighted by Crippen LogP contribution is 2.44. The van der Waals surface area contributed by atoms with Crippen LogP contribution in [-0.4, -0.2) is 26.2 Å². The zero-order valence-electron chi connectivity index (χ0n) is 11.4. The molecule has 0 aliphatic heterocycles. The van der Waals surface area contributed by atoms with E-state index in [4.69, 9.17) is 0 Å². The number of tetrazole rings is 1. The Morgan fingerprint density at radius 2 is 2.05 bits per heavy atom. The molecule has 2 bridgehead atoms. The summed E-state index contributed by atoms with van der Waals surface area (Å²) in [4.78, 5) is 0. The molecule has 1 N–H and O–H groups in total. The maximum absolute atomic E-state index is 4.15. The fourth-order valence-electron chi connectivity index (χ4n) is 3.80. The van der Waals surface area contributed by atoms with Gasteiger partial charge in [-0.2, -0.15) is 4.68 Å².